The number of carbonyl (C=O) groups is 2. The Balaban J connectivity index is 1.32. The van der Waals surface area contributed by atoms with Gasteiger partial charge in [-0.2, -0.15) is 0 Å². The maximum atomic E-state index is 13.9. The number of quaternary nitrogens is 1. The van der Waals surface area contributed by atoms with Gasteiger partial charge in [-0.25, -0.2) is 9.18 Å². The van der Waals surface area contributed by atoms with Crippen LogP contribution in [0.1, 0.15) is 62.7 Å². The van der Waals surface area contributed by atoms with Crippen LogP contribution in [0.25, 0.3) is 0 Å². The van der Waals surface area contributed by atoms with E-state index in [0.29, 0.717) is 25.7 Å². The average Bonchev–Trinajstić information content (AvgIpc) is 3.64. The molecule has 0 bridgehead atoms. The zero-order chi connectivity index (χ0) is 31.3. The van der Waals surface area contributed by atoms with Gasteiger partial charge >= 0.3 is 5.97 Å². The van der Waals surface area contributed by atoms with Gasteiger partial charge in [-0.1, -0.05) is 31.2 Å². The van der Waals surface area contributed by atoms with E-state index in [9.17, 15) is 24.2 Å². The Morgan fingerprint density at radius 3 is 2.68 bits per heavy atom. The molecule has 0 spiro atoms. The SMILES string of the molecule is C[C@]12CC(C=N)=C([NH2+]c3ccc(F)cc3)C=C1CC[C@@H]1C2[C@@H](O)C[C@@]2(C)C1CC[C@]2(OC(=O)c1ccoc1)C(=O)SCCO. The van der Waals surface area contributed by atoms with Gasteiger partial charge in [0.05, 0.1) is 24.5 Å². The van der Waals surface area contributed by atoms with Crippen LogP contribution in [0.5, 0.6) is 0 Å². The normalized spacial score (nSPS) is 34.4. The third-order valence-electron chi connectivity index (χ3n) is 11.1. The molecule has 0 amide bonds. The summed E-state index contributed by atoms with van der Waals surface area (Å²) in [5.74, 6) is -0.704. The molecule has 4 aliphatic carbocycles. The Morgan fingerprint density at radius 2 is 2.00 bits per heavy atom. The second-order valence-corrected chi connectivity index (χ2v) is 14.3. The molecule has 0 aliphatic heterocycles. The summed E-state index contributed by atoms with van der Waals surface area (Å²) in [5, 5.41) is 31.5. The second-order valence-electron chi connectivity index (χ2n) is 13.2. The van der Waals surface area contributed by atoms with E-state index in [-0.39, 0.29) is 52.0 Å². The van der Waals surface area contributed by atoms with Gasteiger partial charge in [0.1, 0.15) is 23.5 Å². The summed E-state index contributed by atoms with van der Waals surface area (Å²) in [7, 11) is 0. The number of hydrogen-bond acceptors (Lipinski definition) is 8. The number of halogens is 1. The van der Waals surface area contributed by atoms with Crippen LogP contribution in [-0.4, -0.2) is 51.6 Å². The van der Waals surface area contributed by atoms with Crippen LogP contribution in [0.4, 0.5) is 10.1 Å². The highest BCUT2D eigenvalue weighted by Crippen LogP contribution is 2.69. The summed E-state index contributed by atoms with van der Waals surface area (Å²) in [6.07, 6.45) is 9.06. The van der Waals surface area contributed by atoms with Crippen molar-refractivity contribution >= 4 is 34.7 Å². The Hall–Kier alpha value is -3.05. The van der Waals surface area contributed by atoms with Crippen molar-refractivity contribution in [3.63, 3.8) is 0 Å². The summed E-state index contributed by atoms with van der Waals surface area (Å²) >= 11 is 0.983. The predicted molar refractivity (Wildman–Crippen MR) is 164 cm³/mol. The summed E-state index contributed by atoms with van der Waals surface area (Å²) in [4.78, 5) is 27.2. The Kier molecular flexibility index (Phi) is 8.24. The number of thioether (sulfide) groups is 1. The number of benzene rings is 1. The van der Waals surface area contributed by atoms with E-state index in [0.717, 1.165) is 41.6 Å². The molecular weight excluding hydrogens is 583 g/mol. The number of hydrogen-bond donors (Lipinski definition) is 4. The van der Waals surface area contributed by atoms with Crippen LogP contribution >= 0.6 is 11.8 Å². The lowest BCUT2D eigenvalue weighted by Crippen LogP contribution is -2.76. The smallest absolute Gasteiger partial charge is 0.342 e. The summed E-state index contributed by atoms with van der Waals surface area (Å²) in [6.45, 7) is 4.02. The highest BCUT2D eigenvalue weighted by atomic mass is 32.2. The molecule has 3 saturated carbocycles. The fourth-order valence-corrected chi connectivity index (χ4v) is 10.00. The molecule has 2 unspecified atom stereocenters. The number of rotatable bonds is 8. The van der Waals surface area contributed by atoms with Gasteiger partial charge in [0, 0.05) is 35.1 Å². The van der Waals surface area contributed by atoms with E-state index in [4.69, 9.17) is 14.6 Å². The van der Waals surface area contributed by atoms with Crippen LogP contribution in [0.15, 0.2) is 70.2 Å². The number of fused-ring (bicyclic) bond motifs is 5. The number of aliphatic hydroxyl groups is 2. The van der Waals surface area contributed by atoms with E-state index in [2.05, 4.69) is 13.0 Å². The molecule has 8 nitrogen and oxygen atoms in total. The second kappa shape index (κ2) is 11.7. The number of nitrogens with two attached hydrogens (primary N) is 1. The highest BCUT2D eigenvalue weighted by Gasteiger charge is 2.70. The zero-order valence-electron chi connectivity index (χ0n) is 25.1. The molecule has 7 atom stereocenters. The van der Waals surface area contributed by atoms with Crippen LogP contribution < -0.4 is 5.32 Å². The zero-order valence-corrected chi connectivity index (χ0v) is 25.9. The lowest BCUT2D eigenvalue weighted by Gasteiger charge is -2.60. The van der Waals surface area contributed by atoms with E-state index >= 15 is 0 Å². The molecule has 2 aromatic rings. The predicted octanol–water partition coefficient (Wildman–Crippen LogP) is 4.91. The highest BCUT2D eigenvalue weighted by molar-refractivity contribution is 8.13. The maximum absolute atomic E-state index is 13.9. The van der Waals surface area contributed by atoms with Crippen molar-refractivity contribution < 1.29 is 38.7 Å². The first-order valence-corrected chi connectivity index (χ1v) is 16.3. The van der Waals surface area contributed by atoms with Crippen LogP contribution in [0.2, 0.25) is 0 Å². The van der Waals surface area contributed by atoms with Gasteiger partial charge in [-0.3, -0.25) is 10.1 Å². The minimum absolute atomic E-state index is 0.0321. The number of furan rings is 1. The molecule has 1 aromatic carbocycles. The number of aliphatic hydroxyl groups excluding tert-OH is 2. The van der Waals surface area contributed by atoms with E-state index in [1.165, 1.54) is 42.5 Å². The fraction of sp³-hybridized carbons (Fsp3) is 0.500. The molecule has 1 heterocycles. The van der Waals surface area contributed by atoms with Gasteiger partial charge in [-0.15, -0.1) is 0 Å². The third-order valence-corrected chi connectivity index (χ3v) is 12.1. The minimum atomic E-state index is -1.45. The van der Waals surface area contributed by atoms with Gasteiger partial charge < -0.3 is 24.8 Å². The van der Waals surface area contributed by atoms with Crippen molar-refractivity contribution in [2.24, 2.45) is 28.6 Å². The standard InChI is InChI=1S/C34H39FN2O6S/c1-32-16-21(18-36)27(37-24-6-4-23(35)5-7-24)15-22(32)3-8-25-26-9-11-34(31(41)44-14-12-38,33(26,2)17-28(39)29(25)32)43-30(40)20-10-13-42-19-20/h4-7,10,13,15,18-19,25-26,28-29,36-39H,3,8-9,11-12,14,16-17H2,1-2H3/p+1/t25-,26?,28-,29?,32-,33-,34-/m0/s1. The van der Waals surface area contributed by atoms with E-state index in [1.54, 1.807) is 12.1 Å². The van der Waals surface area contributed by atoms with Crippen molar-refractivity contribution in [2.45, 2.75) is 64.1 Å². The van der Waals surface area contributed by atoms with Crippen LogP contribution in [0.3, 0.4) is 0 Å². The topological polar surface area (TPSA) is 137 Å². The Bertz CT molecular complexity index is 1510. The Labute approximate surface area is 260 Å². The molecule has 0 saturated heterocycles. The lowest BCUT2D eigenvalue weighted by molar-refractivity contribution is -0.513. The van der Waals surface area contributed by atoms with E-state index in [1.807, 2.05) is 12.2 Å². The van der Waals surface area contributed by atoms with Crippen molar-refractivity contribution in [2.75, 3.05) is 12.4 Å². The van der Waals surface area contributed by atoms with Gasteiger partial charge in [0.25, 0.3) is 0 Å². The molecule has 44 heavy (non-hydrogen) atoms. The molecule has 10 heteroatoms. The first-order chi connectivity index (χ1) is 21.1. The van der Waals surface area contributed by atoms with Gasteiger partial charge in [0.2, 0.25) is 5.12 Å². The van der Waals surface area contributed by atoms with Crippen LogP contribution in [-0.2, 0) is 9.53 Å². The van der Waals surface area contributed by atoms with Crippen LogP contribution in [0, 0.1) is 39.8 Å². The van der Waals surface area contributed by atoms with Crippen molar-refractivity contribution in [1.82, 2.24) is 0 Å². The summed E-state index contributed by atoms with van der Waals surface area (Å²) < 4.78 is 24.8. The molecule has 4 aliphatic rings. The first-order valence-electron chi connectivity index (χ1n) is 15.3. The molecule has 234 valence electrons. The molecule has 5 N–H and O–H groups in total. The molecule has 6 rings (SSSR count). The van der Waals surface area contributed by atoms with E-state index < -0.39 is 23.1 Å². The Morgan fingerprint density at radius 1 is 1.23 bits per heavy atom. The molecular formula is C34H40FN2O6S+. The number of ether oxygens (including phenoxy) is 1. The van der Waals surface area contributed by atoms with Crippen molar-refractivity contribution in [1.29, 1.82) is 5.41 Å². The number of allylic oxidation sites excluding steroid dienone is 3. The number of carbonyl (C=O) groups excluding carboxylic acids is 2. The summed E-state index contributed by atoms with van der Waals surface area (Å²) in [6, 6.07) is 7.82. The minimum Gasteiger partial charge on any atom is -0.472 e. The lowest BCUT2D eigenvalue weighted by atomic mass is 9.45. The maximum Gasteiger partial charge on any atom is 0.342 e. The molecule has 0 radical (unpaired) electrons. The molecule has 1 aromatic heterocycles. The number of nitrogens with one attached hydrogen (secondary N) is 1. The first kappa shape index (κ1) is 31.0. The quantitative estimate of drug-likeness (QED) is 0.186. The van der Waals surface area contributed by atoms with Gasteiger partial charge in [0.15, 0.2) is 5.60 Å². The third kappa shape index (κ3) is 4.90. The van der Waals surface area contributed by atoms with Crippen molar-refractivity contribution in [3.05, 3.63) is 77.2 Å². The fourth-order valence-electron chi connectivity index (χ4n) is 9.11. The van der Waals surface area contributed by atoms with Crippen molar-refractivity contribution in [3.8, 4) is 0 Å². The van der Waals surface area contributed by atoms with Gasteiger partial charge in [-0.05, 0) is 86.0 Å². The monoisotopic (exact) mass is 623 g/mol. The summed E-state index contributed by atoms with van der Waals surface area (Å²) in [5.41, 5.74) is 1.50. The molecule has 3 fully saturated rings. The average molecular weight is 624 g/mol. The number of esters is 1. The largest absolute Gasteiger partial charge is 0.472 e.